The van der Waals surface area contributed by atoms with Crippen molar-refractivity contribution in [3.8, 4) is 0 Å². The highest BCUT2D eigenvalue weighted by atomic mass is 16.5. The minimum atomic E-state index is -0.523. The zero-order valence-electron chi connectivity index (χ0n) is 15.0. The largest absolute Gasteiger partial charge is 0.461 e. The summed E-state index contributed by atoms with van der Waals surface area (Å²) >= 11 is 0. The number of carbonyl (C=O) groups excluding carboxylic acids is 1. The van der Waals surface area contributed by atoms with Gasteiger partial charge < -0.3 is 4.74 Å². The Bertz CT molecular complexity index is 1170. The minimum Gasteiger partial charge on any atom is -0.461 e. The number of aryl methyl sites for hydroxylation is 1. The van der Waals surface area contributed by atoms with Gasteiger partial charge in [-0.3, -0.25) is 9.38 Å². The van der Waals surface area contributed by atoms with Crippen molar-refractivity contribution in [2.45, 2.75) is 13.8 Å². The van der Waals surface area contributed by atoms with Crippen LogP contribution in [0.25, 0.3) is 16.6 Å². The normalized spacial score (nSPS) is 11.5. The maximum Gasteiger partial charge on any atom is 0.360 e. The monoisotopic (exact) mass is 359 g/mol. The van der Waals surface area contributed by atoms with Crippen molar-refractivity contribution in [2.75, 3.05) is 6.61 Å². The maximum absolute atomic E-state index is 12.4. The molecule has 0 aliphatic heterocycles. The second-order valence-electron chi connectivity index (χ2n) is 5.92. The number of para-hydroxylation sites is 1. The highest BCUT2D eigenvalue weighted by Crippen LogP contribution is 2.29. The lowest BCUT2D eigenvalue weighted by molar-refractivity contribution is 0.0521. The van der Waals surface area contributed by atoms with Crippen LogP contribution in [-0.4, -0.2) is 26.9 Å². The Labute approximate surface area is 155 Å². The summed E-state index contributed by atoms with van der Waals surface area (Å²) in [5.74, 6) is -0.180. The maximum atomic E-state index is 12.4. The predicted molar refractivity (Wildman–Crippen MR) is 102 cm³/mol. The van der Waals surface area contributed by atoms with Crippen molar-refractivity contribution in [1.29, 1.82) is 0 Å². The third-order valence-electron chi connectivity index (χ3n) is 4.15. The predicted octanol–water partition coefficient (Wildman–Crippen LogP) is 4.78. The quantitative estimate of drug-likeness (QED) is 0.388. The Morgan fingerprint density at radius 1 is 1.11 bits per heavy atom. The fraction of sp³-hybridized carbons (Fsp3) is 0.150. The van der Waals surface area contributed by atoms with Crippen molar-refractivity contribution in [3.63, 3.8) is 0 Å². The molecule has 0 saturated heterocycles. The molecule has 1 aromatic carbocycles. The summed E-state index contributed by atoms with van der Waals surface area (Å²) in [4.78, 5) is 21.1. The van der Waals surface area contributed by atoms with Gasteiger partial charge >= 0.3 is 5.97 Å². The molecule has 0 aliphatic rings. The first-order valence-corrected chi connectivity index (χ1v) is 8.59. The van der Waals surface area contributed by atoms with Crippen LogP contribution in [0.5, 0.6) is 0 Å². The number of esters is 1. The van der Waals surface area contributed by atoms with E-state index in [2.05, 4.69) is 20.2 Å². The van der Waals surface area contributed by atoms with Gasteiger partial charge in [0.2, 0.25) is 0 Å². The minimum absolute atomic E-state index is 0.142. The van der Waals surface area contributed by atoms with Gasteiger partial charge in [-0.2, -0.15) is 0 Å². The van der Waals surface area contributed by atoms with E-state index >= 15 is 0 Å². The highest BCUT2D eigenvalue weighted by molar-refractivity contribution is 5.93. The van der Waals surface area contributed by atoms with Gasteiger partial charge in [-0.25, -0.2) is 9.78 Å². The van der Waals surface area contributed by atoms with Crippen LogP contribution in [0.1, 0.15) is 23.1 Å². The smallest absolute Gasteiger partial charge is 0.360 e. The van der Waals surface area contributed by atoms with E-state index < -0.39 is 5.97 Å². The standard InChI is InChI=1S/C20H17N5O2/c1-3-27-20(26)18-19(25-13(2)7-4-11-16(25)22-18)24-23-15-10-5-8-14-9-6-12-21-17(14)15/h4-12H,3H2,1-2H3. The summed E-state index contributed by atoms with van der Waals surface area (Å²) < 4.78 is 6.92. The van der Waals surface area contributed by atoms with E-state index in [0.717, 1.165) is 16.6 Å². The van der Waals surface area contributed by atoms with E-state index in [1.807, 2.05) is 55.5 Å². The Balaban J connectivity index is 1.88. The van der Waals surface area contributed by atoms with Gasteiger partial charge in [-0.15, -0.1) is 10.2 Å². The van der Waals surface area contributed by atoms with Crippen LogP contribution < -0.4 is 0 Å². The molecule has 134 valence electrons. The number of azo groups is 1. The lowest BCUT2D eigenvalue weighted by Gasteiger charge is -2.03. The number of carbonyl (C=O) groups is 1. The van der Waals surface area contributed by atoms with Crippen LogP contribution in [0.15, 0.2) is 65.0 Å². The van der Waals surface area contributed by atoms with Gasteiger partial charge in [0, 0.05) is 17.3 Å². The van der Waals surface area contributed by atoms with E-state index in [1.54, 1.807) is 17.5 Å². The van der Waals surface area contributed by atoms with Crippen LogP contribution >= 0.6 is 0 Å². The third kappa shape index (κ3) is 3.03. The molecule has 0 atom stereocenters. The molecule has 7 heteroatoms. The van der Waals surface area contributed by atoms with Crippen molar-refractivity contribution in [2.24, 2.45) is 10.2 Å². The van der Waals surface area contributed by atoms with Crippen LogP contribution in [0, 0.1) is 6.92 Å². The molecule has 0 bridgehead atoms. The second-order valence-corrected chi connectivity index (χ2v) is 5.92. The molecule has 0 radical (unpaired) electrons. The molecule has 0 fully saturated rings. The zero-order valence-corrected chi connectivity index (χ0v) is 15.0. The van der Waals surface area contributed by atoms with Crippen molar-refractivity contribution < 1.29 is 9.53 Å². The van der Waals surface area contributed by atoms with E-state index in [0.29, 0.717) is 17.2 Å². The Morgan fingerprint density at radius 2 is 1.93 bits per heavy atom. The van der Waals surface area contributed by atoms with Crippen LogP contribution in [0.3, 0.4) is 0 Å². The Hall–Kier alpha value is -3.61. The summed E-state index contributed by atoms with van der Waals surface area (Å²) in [5.41, 5.74) is 3.00. The molecule has 4 rings (SSSR count). The van der Waals surface area contributed by atoms with Gasteiger partial charge in [-0.05, 0) is 38.1 Å². The molecule has 0 saturated carbocycles. The average molecular weight is 359 g/mol. The number of hydrogen-bond donors (Lipinski definition) is 0. The number of ether oxygens (including phenoxy) is 1. The first-order chi connectivity index (χ1) is 13.2. The molecule has 0 amide bonds. The summed E-state index contributed by atoms with van der Waals surface area (Å²) in [6, 6.07) is 15.1. The Morgan fingerprint density at radius 3 is 2.78 bits per heavy atom. The number of rotatable bonds is 4. The fourth-order valence-corrected chi connectivity index (χ4v) is 2.93. The molecule has 3 heterocycles. The topological polar surface area (TPSA) is 81.2 Å². The Kier molecular flexibility index (Phi) is 4.33. The number of hydrogen-bond acceptors (Lipinski definition) is 6. The van der Waals surface area contributed by atoms with Crippen molar-refractivity contribution >= 4 is 34.0 Å². The summed E-state index contributed by atoms with van der Waals surface area (Å²) in [7, 11) is 0. The van der Waals surface area contributed by atoms with Gasteiger partial charge in [0.25, 0.3) is 0 Å². The van der Waals surface area contributed by atoms with Gasteiger partial charge in [0.05, 0.1) is 12.1 Å². The molecule has 7 nitrogen and oxygen atoms in total. The van der Waals surface area contributed by atoms with Crippen LogP contribution in [0.2, 0.25) is 0 Å². The number of pyridine rings is 2. The van der Waals surface area contributed by atoms with Crippen LogP contribution in [0.4, 0.5) is 11.5 Å². The first kappa shape index (κ1) is 16.8. The molecule has 0 spiro atoms. The summed E-state index contributed by atoms with van der Waals surface area (Å²) in [5, 5.41) is 9.70. The molecule has 27 heavy (non-hydrogen) atoms. The van der Waals surface area contributed by atoms with E-state index in [9.17, 15) is 4.79 Å². The SMILES string of the molecule is CCOC(=O)c1nc2cccc(C)n2c1N=Nc1cccc2cccnc12. The number of imidazole rings is 1. The molecular formula is C20H17N5O2. The number of benzene rings is 1. The van der Waals surface area contributed by atoms with Gasteiger partial charge in [0.1, 0.15) is 11.3 Å². The molecule has 0 unspecified atom stereocenters. The average Bonchev–Trinajstić information content (AvgIpc) is 3.06. The van der Waals surface area contributed by atoms with Crippen molar-refractivity contribution in [1.82, 2.24) is 14.4 Å². The van der Waals surface area contributed by atoms with Gasteiger partial charge in [-0.1, -0.05) is 24.3 Å². The van der Waals surface area contributed by atoms with E-state index in [-0.39, 0.29) is 12.3 Å². The summed E-state index contributed by atoms with van der Waals surface area (Å²) in [6.45, 7) is 3.93. The summed E-state index contributed by atoms with van der Waals surface area (Å²) in [6.07, 6.45) is 1.71. The van der Waals surface area contributed by atoms with Gasteiger partial charge in [0.15, 0.2) is 11.5 Å². The van der Waals surface area contributed by atoms with Crippen LogP contribution in [-0.2, 0) is 4.74 Å². The molecule has 4 aromatic rings. The lowest BCUT2D eigenvalue weighted by atomic mass is 10.2. The van der Waals surface area contributed by atoms with Crippen molar-refractivity contribution in [3.05, 3.63) is 66.1 Å². The first-order valence-electron chi connectivity index (χ1n) is 8.59. The fourth-order valence-electron chi connectivity index (χ4n) is 2.93. The molecule has 0 aliphatic carbocycles. The second kappa shape index (κ2) is 6.95. The molecular weight excluding hydrogens is 342 g/mol. The number of fused-ring (bicyclic) bond motifs is 2. The molecule has 0 N–H and O–H groups in total. The third-order valence-corrected chi connectivity index (χ3v) is 4.15. The highest BCUT2D eigenvalue weighted by Gasteiger charge is 2.21. The molecule has 3 aromatic heterocycles. The lowest BCUT2D eigenvalue weighted by Crippen LogP contribution is -2.05. The zero-order chi connectivity index (χ0) is 18.8. The van der Waals surface area contributed by atoms with E-state index in [1.165, 1.54) is 0 Å². The number of nitrogens with zero attached hydrogens (tertiary/aromatic N) is 5. The van der Waals surface area contributed by atoms with E-state index in [4.69, 9.17) is 4.74 Å². The number of aromatic nitrogens is 3.